The van der Waals surface area contributed by atoms with Gasteiger partial charge in [0.1, 0.15) is 0 Å². The molecule has 0 amide bonds. The summed E-state index contributed by atoms with van der Waals surface area (Å²) in [5.74, 6) is 0.722. The summed E-state index contributed by atoms with van der Waals surface area (Å²) in [5, 5.41) is 0. The predicted molar refractivity (Wildman–Crippen MR) is 96.1 cm³/mol. The van der Waals surface area contributed by atoms with Crippen molar-refractivity contribution in [2.24, 2.45) is 0 Å². The molecule has 0 aromatic heterocycles. The summed E-state index contributed by atoms with van der Waals surface area (Å²) in [6.07, 6.45) is 15.7. The Kier molecular flexibility index (Phi) is 10.3. The maximum absolute atomic E-state index is 2.37. The minimum Gasteiger partial charge on any atom is -0.0654 e. The SMILES string of the molecule is CCCCCCCCCCCCC(C)c1ccc(C)cc1. The highest BCUT2D eigenvalue weighted by Gasteiger charge is 2.04. The highest BCUT2D eigenvalue weighted by molar-refractivity contribution is 5.23. The molecule has 0 N–H and O–H groups in total. The first-order valence-corrected chi connectivity index (χ1v) is 9.30. The molecule has 0 heteroatoms. The Bertz CT molecular complexity index is 336. The average molecular weight is 289 g/mol. The molecule has 0 nitrogen and oxygen atoms in total. The Morgan fingerprint density at radius 1 is 0.714 bits per heavy atom. The molecular weight excluding hydrogens is 252 g/mol. The van der Waals surface area contributed by atoms with Crippen molar-refractivity contribution in [2.45, 2.75) is 97.3 Å². The molecule has 0 bridgehead atoms. The Morgan fingerprint density at radius 3 is 1.71 bits per heavy atom. The molecule has 1 aromatic rings. The molecule has 1 unspecified atom stereocenters. The molecule has 0 radical (unpaired) electrons. The van der Waals surface area contributed by atoms with Crippen molar-refractivity contribution in [1.82, 2.24) is 0 Å². The van der Waals surface area contributed by atoms with Crippen LogP contribution in [0.5, 0.6) is 0 Å². The van der Waals surface area contributed by atoms with Crippen LogP contribution in [0.4, 0.5) is 0 Å². The lowest BCUT2D eigenvalue weighted by molar-refractivity contribution is 0.535. The van der Waals surface area contributed by atoms with Gasteiger partial charge in [-0.15, -0.1) is 0 Å². The van der Waals surface area contributed by atoms with Gasteiger partial charge >= 0.3 is 0 Å². The number of hydrogen-bond acceptors (Lipinski definition) is 0. The molecule has 1 aromatic carbocycles. The molecule has 0 aliphatic rings. The van der Waals surface area contributed by atoms with Gasteiger partial charge in [-0.2, -0.15) is 0 Å². The summed E-state index contributed by atoms with van der Waals surface area (Å²) < 4.78 is 0. The Morgan fingerprint density at radius 2 is 1.19 bits per heavy atom. The zero-order valence-electron chi connectivity index (χ0n) is 14.7. The summed E-state index contributed by atoms with van der Waals surface area (Å²) in [6, 6.07) is 9.08. The largest absolute Gasteiger partial charge is 0.0654 e. The second kappa shape index (κ2) is 11.8. The van der Waals surface area contributed by atoms with Gasteiger partial charge in [0.25, 0.3) is 0 Å². The van der Waals surface area contributed by atoms with Crippen LogP contribution < -0.4 is 0 Å². The number of aryl methyl sites for hydroxylation is 1. The van der Waals surface area contributed by atoms with E-state index >= 15 is 0 Å². The van der Waals surface area contributed by atoms with E-state index in [2.05, 4.69) is 45.0 Å². The van der Waals surface area contributed by atoms with Gasteiger partial charge < -0.3 is 0 Å². The molecule has 0 heterocycles. The third-order valence-corrected chi connectivity index (χ3v) is 4.64. The van der Waals surface area contributed by atoms with Crippen molar-refractivity contribution >= 4 is 0 Å². The van der Waals surface area contributed by atoms with Gasteiger partial charge in [0.05, 0.1) is 0 Å². The van der Waals surface area contributed by atoms with Crippen LogP contribution in [0, 0.1) is 6.92 Å². The number of hydrogen-bond donors (Lipinski definition) is 0. The van der Waals surface area contributed by atoms with E-state index in [1.807, 2.05) is 0 Å². The molecular formula is C21H36. The van der Waals surface area contributed by atoms with Crippen LogP contribution in [-0.2, 0) is 0 Å². The van der Waals surface area contributed by atoms with Gasteiger partial charge in [-0.05, 0) is 24.8 Å². The fourth-order valence-corrected chi connectivity index (χ4v) is 3.00. The normalized spacial score (nSPS) is 12.5. The maximum Gasteiger partial charge on any atom is -0.0190 e. The monoisotopic (exact) mass is 288 g/mol. The summed E-state index contributed by atoms with van der Waals surface area (Å²) in [7, 11) is 0. The van der Waals surface area contributed by atoms with Crippen molar-refractivity contribution in [3.63, 3.8) is 0 Å². The minimum absolute atomic E-state index is 0.722. The molecule has 0 aliphatic carbocycles. The van der Waals surface area contributed by atoms with Crippen molar-refractivity contribution in [3.05, 3.63) is 35.4 Å². The second-order valence-electron chi connectivity index (χ2n) is 6.78. The Labute approximate surface area is 133 Å². The van der Waals surface area contributed by atoms with Crippen LogP contribution in [0.2, 0.25) is 0 Å². The summed E-state index contributed by atoms with van der Waals surface area (Å²) in [5.41, 5.74) is 2.88. The lowest BCUT2D eigenvalue weighted by Crippen LogP contribution is -1.93. The zero-order chi connectivity index (χ0) is 15.3. The van der Waals surface area contributed by atoms with E-state index < -0.39 is 0 Å². The van der Waals surface area contributed by atoms with E-state index in [4.69, 9.17) is 0 Å². The van der Waals surface area contributed by atoms with Crippen molar-refractivity contribution < 1.29 is 0 Å². The van der Waals surface area contributed by atoms with Crippen LogP contribution in [0.3, 0.4) is 0 Å². The van der Waals surface area contributed by atoms with Crippen LogP contribution in [-0.4, -0.2) is 0 Å². The van der Waals surface area contributed by atoms with Crippen LogP contribution in [0.15, 0.2) is 24.3 Å². The third kappa shape index (κ3) is 8.96. The standard InChI is InChI=1S/C21H36/c1-4-5-6-7-8-9-10-11-12-13-14-20(3)21-17-15-19(2)16-18-21/h15-18,20H,4-14H2,1-3H3. The quantitative estimate of drug-likeness (QED) is 0.351. The highest BCUT2D eigenvalue weighted by Crippen LogP contribution is 2.22. The van der Waals surface area contributed by atoms with Crippen molar-refractivity contribution in [2.75, 3.05) is 0 Å². The van der Waals surface area contributed by atoms with Gasteiger partial charge in [0, 0.05) is 0 Å². The molecule has 0 aliphatic heterocycles. The van der Waals surface area contributed by atoms with Gasteiger partial charge in [-0.3, -0.25) is 0 Å². The fourth-order valence-electron chi connectivity index (χ4n) is 3.00. The van der Waals surface area contributed by atoms with Crippen LogP contribution in [0.25, 0.3) is 0 Å². The number of benzene rings is 1. The third-order valence-electron chi connectivity index (χ3n) is 4.64. The molecule has 1 atom stereocenters. The lowest BCUT2D eigenvalue weighted by atomic mass is 9.94. The van der Waals surface area contributed by atoms with Crippen LogP contribution >= 0.6 is 0 Å². The van der Waals surface area contributed by atoms with Gasteiger partial charge in [-0.1, -0.05) is 108 Å². The summed E-state index contributed by atoms with van der Waals surface area (Å²) in [4.78, 5) is 0. The Hall–Kier alpha value is -0.780. The first-order chi connectivity index (χ1) is 10.2. The number of unbranched alkanes of at least 4 members (excludes halogenated alkanes) is 9. The Balaban J connectivity index is 1.95. The number of rotatable bonds is 12. The van der Waals surface area contributed by atoms with E-state index in [0.29, 0.717) is 0 Å². The topological polar surface area (TPSA) is 0 Å². The highest BCUT2D eigenvalue weighted by atomic mass is 14.1. The molecule has 0 fully saturated rings. The van der Waals surface area contributed by atoms with Gasteiger partial charge in [-0.25, -0.2) is 0 Å². The smallest absolute Gasteiger partial charge is 0.0190 e. The second-order valence-corrected chi connectivity index (χ2v) is 6.78. The van der Waals surface area contributed by atoms with E-state index in [-0.39, 0.29) is 0 Å². The molecule has 21 heavy (non-hydrogen) atoms. The predicted octanol–water partition coefficient (Wildman–Crippen LogP) is 7.41. The molecule has 0 spiro atoms. The molecule has 0 saturated heterocycles. The van der Waals surface area contributed by atoms with E-state index in [1.165, 1.54) is 81.8 Å². The van der Waals surface area contributed by atoms with Crippen molar-refractivity contribution in [1.29, 1.82) is 0 Å². The average Bonchev–Trinajstić information content (AvgIpc) is 2.49. The zero-order valence-corrected chi connectivity index (χ0v) is 14.7. The van der Waals surface area contributed by atoms with Crippen molar-refractivity contribution in [3.8, 4) is 0 Å². The van der Waals surface area contributed by atoms with Gasteiger partial charge in [0.2, 0.25) is 0 Å². The fraction of sp³-hybridized carbons (Fsp3) is 0.714. The van der Waals surface area contributed by atoms with E-state index in [9.17, 15) is 0 Å². The lowest BCUT2D eigenvalue weighted by Gasteiger charge is -2.12. The first kappa shape index (κ1) is 18.3. The summed E-state index contributed by atoms with van der Waals surface area (Å²) in [6.45, 7) is 6.83. The first-order valence-electron chi connectivity index (χ1n) is 9.30. The molecule has 0 saturated carbocycles. The summed E-state index contributed by atoms with van der Waals surface area (Å²) >= 11 is 0. The van der Waals surface area contributed by atoms with Crippen LogP contribution in [0.1, 0.15) is 102 Å². The molecule has 120 valence electrons. The minimum atomic E-state index is 0.722. The maximum atomic E-state index is 2.37. The van der Waals surface area contributed by atoms with Gasteiger partial charge in [0.15, 0.2) is 0 Å². The molecule has 1 rings (SSSR count). The van der Waals surface area contributed by atoms with E-state index in [1.54, 1.807) is 0 Å². The van der Waals surface area contributed by atoms with E-state index in [0.717, 1.165) is 5.92 Å².